The summed E-state index contributed by atoms with van der Waals surface area (Å²) in [7, 11) is 0. The molecule has 3 nitrogen and oxygen atoms in total. The summed E-state index contributed by atoms with van der Waals surface area (Å²) in [6.45, 7) is 0. The summed E-state index contributed by atoms with van der Waals surface area (Å²) in [5, 5.41) is 4.42. The normalized spacial score (nSPS) is 10.4. The van der Waals surface area contributed by atoms with E-state index in [1.807, 2.05) is 0 Å². The zero-order chi connectivity index (χ0) is 12.4. The summed E-state index contributed by atoms with van der Waals surface area (Å²) < 4.78 is 0. The van der Waals surface area contributed by atoms with Crippen molar-refractivity contribution >= 4 is 57.9 Å². The minimum absolute atomic E-state index is 0.0926. The topological polar surface area (TPSA) is 37.8 Å². The molecule has 0 unspecified atom stereocenters. The van der Waals surface area contributed by atoms with E-state index in [0.29, 0.717) is 26.6 Å². The number of rotatable bonds is 2. The van der Waals surface area contributed by atoms with E-state index in [1.165, 1.54) is 6.20 Å². The van der Waals surface area contributed by atoms with Gasteiger partial charge in [0.05, 0.1) is 16.9 Å². The molecule has 1 aromatic heterocycles. The molecule has 2 aromatic rings. The molecule has 88 valence electrons. The van der Waals surface area contributed by atoms with Crippen LogP contribution in [0.15, 0.2) is 24.4 Å². The lowest BCUT2D eigenvalue weighted by molar-refractivity contribution is 1.17. The van der Waals surface area contributed by atoms with Crippen molar-refractivity contribution in [2.45, 2.75) is 0 Å². The van der Waals surface area contributed by atoms with E-state index < -0.39 is 0 Å². The Hall–Kier alpha value is -0.740. The maximum Gasteiger partial charge on any atom is 0.224 e. The predicted octanol–water partition coefficient (Wildman–Crippen LogP) is 4.83. The Morgan fingerprint density at radius 2 is 1.76 bits per heavy atom. The van der Waals surface area contributed by atoms with Crippen LogP contribution in [0.4, 0.5) is 11.5 Å². The minimum Gasteiger partial charge on any atom is -0.338 e. The molecule has 0 aliphatic rings. The first-order chi connectivity index (χ1) is 8.06. The van der Waals surface area contributed by atoms with Crippen LogP contribution < -0.4 is 5.32 Å². The number of benzene rings is 1. The summed E-state index contributed by atoms with van der Waals surface area (Å²) in [6, 6.07) is 5.02. The van der Waals surface area contributed by atoms with Crippen LogP contribution in [0.25, 0.3) is 0 Å². The van der Waals surface area contributed by atoms with Crippen molar-refractivity contribution in [1.29, 1.82) is 0 Å². The molecule has 0 fully saturated rings. The highest BCUT2D eigenvalue weighted by Gasteiger charge is 2.07. The summed E-state index contributed by atoms with van der Waals surface area (Å²) in [4.78, 5) is 7.69. The van der Waals surface area contributed by atoms with E-state index in [-0.39, 0.29) is 5.28 Å². The first kappa shape index (κ1) is 12.7. The van der Waals surface area contributed by atoms with Crippen molar-refractivity contribution in [2.75, 3.05) is 5.32 Å². The second kappa shape index (κ2) is 5.27. The first-order valence-electron chi connectivity index (χ1n) is 4.46. The van der Waals surface area contributed by atoms with Crippen molar-refractivity contribution in [3.8, 4) is 0 Å². The Morgan fingerprint density at radius 3 is 2.53 bits per heavy atom. The fourth-order valence-electron chi connectivity index (χ4n) is 1.15. The molecule has 0 aliphatic carbocycles. The number of hydrogen-bond donors (Lipinski definition) is 1. The lowest BCUT2D eigenvalue weighted by Crippen LogP contribution is -1.96. The van der Waals surface area contributed by atoms with Gasteiger partial charge in [0.1, 0.15) is 5.02 Å². The highest BCUT2D eigenvalue weighted by molar-refractivity contribution is 6.36. The van der Waals surface area contributed by atoms with Gasteiger partial charge in [-0.25, -0.2) is 4.98 Å². The van der Waals surface area contributed by atoms with Crippen molar-refractivity contribution in [2.24, 2.45) is 0 Å². The Labute approximate surface area is 118 Å². The lowest BCUT2D eigenvalue weighted by atomic mass is 10.3. The fourth-order valence-corrected chi connectivity index (χ4v) is 1.76. The largest absolute Gasteiger partial charge is 0.338 e. The van der Waals surface area contributed by atoms with Gasteiger partial charge in [-0.2, -0.15) is 4.98 Å². The molecule has 1 N–H and O–H groups in total. The number of anilines is 2. The molecule has 0 atom stereocenters. The van der Waals surface area contributed by atoms with Gasteiger partial charge in [-0.3, -0.25) is 0 Å². The highest BCUT2D eigenvalue weighted by Crippen LogP contribution is 2.30. The number of aromatic nitrogens is 2. The van der Waals surface area contributed by atoms with Crippen LogP contribution in [0.5, 0.6) is 0 Å². The van der Waals surface area contributed by atoms with Crippen molar-refractivity contribution in [1.82, 2.24) is 9.97 Å². The van der Waals surface area contributed by atoms with Crippen LogP contribution in [0.3, 0.4) is 0 Å². The van der Waals surface area contributed by atoms with E-state index in [9.17, 15) is 0 Å². The zero-order valence-corrected chi connectivity index (χ0v) is 11.2. The van der Waals surface area contributed by atoms with Crippen molar-refractivity contribution in [3.05, 3.63) is 44.7 Å². The Balaban J connectivity index is 2.37. The fraction of sp³-hybridized carbons (Fsp3) is 0. The van der Waals surface area contributed by atoms with Crippen LogP contribution in [-0.2, 0) is 0 Å². The monoisotopic (exact) mass is 307 g/mol. The molecule has 0 bridgehead atoms. The minimum atomic E-state index is 0.0926. The van der Waals surface area contributed by atoms with Crippen molar-refractivity contribution in [3.63, 3.8) is 0 Å². The summed E-state index contributed by atoms with van der Waals surface area (Å²) in [5.74, 6) is 0.371. The molecule has 7 heteroatoms. The van der Waals surface area contributed by atoms with E-state index in [2.05, 4.69) is 15.3 Å². The Morgan fingerprint density at radius 1 is 1.00 bits per heavy atom. The van der Waals surface area contributed by atoms with Crippen LogP contribution in [0.1, 0.15) is 0 Å². The highest BCUT2D eigenvalue weighted by atomic mass is 35.5. The third-order valence-corrected chi connectivity index (χ3v) is 2.92. The van der Waals surface area contributed by atoms with Gasteiger partial charge < -0.3 is 5.32 Å². The van der Waals surface area contributed by atoms with Crippen LogP contribution >= 0.6 is 46.4 Å². The second-order valence-corrected chi connectivity index (χ2v) is 4.67. The average molecular weight is 309 g/mol. The van der Waals surface area contributed by atoms with E-state index in [1.54, 1.807) is 18.2 Å². The molecule has 17 heavy (non-hydrogen) atoms. The second-order valence-electron chi connectivity index (χ2n) is 3.08. The first-order valence-corrected chi connectivity index (χ1v) is 5.97. The molecule has 0 saturated carbocycles. The number of nitrogens with zero attached hydrogens (tertiary/aromatic N) is 2. The van der Waals surface area contributed by atoms with Gasteiger partial charge in [0, 0.05) is 5.02 Å². The third kappa shape index (κ3) is 3.13. The summed E-state index contributed by atoms with van der Waals surface area (Å²) in [6.07, 6.45) is 1.40. The average Bonchev–Trinajstić information content (AvgIpc) is 2.28. The van der Waals surface area contributed by atoms with Gasteiger partial charge in [-0.05, 0) is 29.8 Å². The maximum atomic E-state index is 6.00. The molecule has 2 rings (SSSR count). The Bertz CT molecular complexity index is 510. The molecule has 0 radical (unpaired) electrons. The lowest BCUT2D eigenvalue weighted by Gasteiger charge is -2.09. The zero-order valence-electron chi connectivity index (χ0n) is 8.22. The van der Waals surface area contributed by atoms with E-state index >= 15 is 0 Å². The molecule has 0 spiro atoms. The van der Waals surface area contributed by atoms with Gasteiger partial charge >= 0.3 is 0 Å². The van der Waals surface area contributed by atoms with Gasteiger partial charge in [0.25, 0.3) is 0 Å². The molecule has 0 aliphatic heterocycles. The quantitative estimate of drug-likeness (QED) is 0.807. The van der Waals surface area contributed by atoms with E-state index in [0.717, 1.165) is 0 Å². The van der Waals surface area contributed by atoms with Gasteiger partial charge in [-0.1, -0.05) is 34.8 Å². The van der Waals surface area contributed by atoms with Crippen LogP contribution in [-0.4, -0.2) is 9.97 Å². The molecule has 0 amide bonds. The molecule has 0 saturated heterocycles. The molecular formula is C10H5Cl4N3. The van der Waals surface area contributed by atoms with Gasteiger partial charge in [0.15, 0.2) is 5.82 Å². The van der Waals surface area contributed by atoms with Gasteiger partial charge in [0.2, 0.25) is 5.28 Å². The summed E-state index contributed by atoms with van der Waals surface area (Å²) in [5.41, 5.74) is 0.593. The maximum absolute atomic E-state index is 6.00. The van der Waals surface area contributed by atoms with Gasteiger partial charge in [-0.15, -0.1) is 0 Å². The SMILES string of the molecule is Clc1ccc(Cl)c(Nc2nc(Cl)ncc2Cl)c1. The van der Waals surface area contributed by atoms with Crippen molar-refractivity contribution < 1.29 is 0 Å². The predicted molar refractivity (Wildman–Crippen MR) is 71.8 cm³/mol. The molecule has 1 heterocycles. The van der Waals surface area contributed by atoms with E-state index in [4.69, 9.17) is 46.4 Å². The number of halogens is 4. The molecular weight excluding hydrogens is 304 g/mol. The number of nitrogens with one attached hydrogen (secondary N) is 1. The Kier molecular flexibility index (Phi) is 3.94. The molecule has 1 aromatic carbocycles. The standard InChI is InChI=1S/C10H5Cl4N3/c11-5-1-2-6(12)8(3-5)16-9-7(13)4-15-10(14)17-9/h1-4H,(H,15,16,17). The third-order valence-electron chi connectivity index (χ3n) is 1.90. The summed E-state index contributed by atoms with van der Waals surface area (Å²) >= 11 is 23.5. The van der Waals surface area contributed by atoms with Crippen LogP contribution in [0.2, 0.25) is 20.4 Å². The van der Waals surface area contributed by atoms with Crippen LogP contribution in [0, 0.1) is 0 Å². The number of hydrogen-bond acceptors (Lipinski definition) is 3. The smallest absolute Gasteiger partial charge is 0.224 e.